The van der Waals surface area contributed by atoms with Gasteiger partial charge in [-0.1, -0.05) is 24.6 Å². The molecule has 0 saturated carbocycles. The van der Waals surface area contributed by atoms with Crippen LogP contribution in [0.1, 0.15) is 35.7 Å². The highest BCUT2D eigenvalue weighted by atomic mass is 35.5. The first kappa shape index (κ1) is 28.2. The number of hydrogen-bond donors (Lipinski definition) is 3. The molecule has 1 saturated heterocycles. The molecular formula is C25H31ClF4N4O2. The third-order valence-electron chi connectivity index (χ3n) is 6.22. The van der Waals surface area contributed by atoms with Crippen LogP contribution < -0.4 is 15.5 Å². The van der Waals surface area contributed by atoms with Crippen LogP contribution in [0.2, 0.25) is 5.02 Å². The molecule has 0 spiro atoms. The van der Waals surface area contributed by atoms with Crippen LogP contribution in [0.5, 0.6) is 0 Å². The van der Waals surface area contributed by atoms with Gasteiger partial charge in [0.15, 0.2) is 0 Å². The van der Waals surface area contributed by atoms with Crippen LogP contribution in [-0.2, 0) is 6.54 Å². The fourth-order valence-electron chi connectivity index (χ4n) is 4.01. The maximum absolute atomic E-state index is 14.8. The highest BCUT2D eigenvalue weighted by Gasteiger charge is 2.29. The minimum Gasteiger partial charge on any atom is -0.395 e. The fourth-order valence-corrected chi connectivity index (χ4v) is 4.18. The van der Waals surface area contributed by atoms with Crippen molar-refractivity contribution in [3.05, 3.63) is 58.4 Å². The second kappa shape index (κ2) is 12.7. The molecule has 198 valence electrons. The number of nitrogens with one attached hydrogen (secondary N) is 2. The number of aliphatic hydroxyl groups excluding tert-OH is 1. The van der Waals surface area contributed by atoms with E-state index in [0.29, 0.717) is 54.7 Å². The molecule has 6 nitrogen and oxygen atoms in total. The van der Waals surface area contributed by atoms with Crippen molar-refractivity contribution in [3.63, 3.8) is 0 Å². The third-order valence-corrected chi connectivity index (χ3v) is 6.45. The van der Waals surface area contributed by atoms with Crippen molar-refractivity contribution >= 4 is 28.9 Å². The average molecular weight is 531 g/mol. The number of anilines is 2. The van der Waals surface area contributed by atoms with E-state index in [2.05, 4.69) is 10.6 Å². The summed E-state index contributed by atoms with van der Waals surface area (Å²) in [5.74, 6) is -1.29. The van der Waals surface area contributed by atoms with E-state index in [4.69, 9.17) is 11.6 Å². The van der Waals surface area contributed by atoms with Crippen molar-refractivity contribution in [3.8, 4) is 0 Å². The Morgan fingerprint density at radius 3 is 2.47 bits per heavy atom. The number of carbonyl (C=O) groups is 1. The average Bonchev–Trinajstić information content (AvgIpc) is 2.84. The predicted molar refractivity (Wildman–Crippen MR) is 133 cm³/mol. The monoisotopic (exact) mass is 530 g/mol. The van der Waals surface area contributed by atoms with Crippen molar-refractivity contribution < 1.29 is 27.5 Å². The Bertz CT molecular complexity index is 1030. The number of piperazine rings is 1. The lowest BCUT2D eigenvalue weighted by molar-refractivity contribution is -0.138. The Morgan fingerprint density at radius 2 is 1.86 bits per heavy atom. The van der Waals surface area contributed by atoms with E-state index in [9.17, 15) is 27.5 Å². The molecule has 3 rings (SSSR count). The Balaban J connectivity index is 1.66. The van der Waals surface area contributed by atoms with Gasteiger partial charge < -0.3 is 20.6 Å². The second-order valence-electron chi connectivity index (χ2n) is 8.79. The molecule has 1 heterocycles. The fraction of sp³-hybridized carbons (Fsp3) is 0.480. The molecule has 0 aliphatic carbocycles. The number of hydrogen-bond acceptors (Lipinski definition) is 5. The summed E-state index contributed by atoms with van der Waals surface area (Å²) in [5, 5.41) is 15.6. The molecule has 1 amide bonds. The van der Waals surface area contributed by atoms with Crippen LogP contribution >= 0.6 is 11.6 Å². The van der Waals surface area contributed by atoms with Gasteiger partial charge in [-0.25, -0.2) is 4.39 Å². The van der Waals surface area contributed by atoms with Crippen LogP contribution in [0.15, 0.2) is 36.4 Å². The van der Waals surface area contributed by atoms with Gasteiger partial charge in [0.2, 0.25) is 0 Å². The number of alkyl halides is 3. The van der Waals surface area contributed by atoms with Crippen molar-refractivity contribution in [1.29, 1.82) is 0 Å². The van der Waals surface area contributed by atoms with Crippen LogP contribution in [0.3, 0.4) is 0 Å². The first-order valence-corrected chi connectivity index (χ1v) is 12.2. The molecule has 0 unspecified atom stereocenters. The smallest absolute Gasteiger partial charge is 0.390 e. The number of carbonyl (C=O) groups excluding carboxylic acids is 1. The number of amides is 1. The maximum Gasteiger partial charge on any atom is 0.390 e. The topological polar surface area (TPSA) is 67.8 Å². The van der Waals surface area contributed by atoms with E-state index in [-0.39, 0.29) is 24.8 Å². The van der Waals surface area contributed by atoms with Crippen molar-refractivity contribution in [1.82, 2.24) is 10.2 Å². The number of nitrogens with zero attached hydrogens (tertiary/aromatic N) is 2. The van der Waals surface area contributed by atoms with E-state index in [1.807, 2.05) is 11.8 Å². The lowest BCUT2D eigenvalue weighted by Crippen LogP contribution is -2.47. The Morgan fingerprint density at radius 1 is 1.14 bits per heavy atom. The predicted octanol–water partition coefficient (Wildman–Crippen LogP) is 4.67. The van der Waals surface area contributed by atoms with Crippen LogP contribution in [0.25, 0.3) is 0 Å². The van der Waals surface area contributed by atoms with Gasteiger partial charge in [-0.15, -0.1) is 0 Å². The zero-order valence-corrected chi connectivity index (χ0v) is 20.8. The zero-order chi connectivity index (χ0) is 26.3. The number of benzene rings is 2. The van der Waals surface area contributed by atoms with Crippen molar-refractivity contribution in [2.75, 3.05) is 49.5 Å². The summed E-state index contributed by atoms with van der Waals surface area (Å²) in [4.78, 5) is 16.6. The van der Waals surface area contributed by atoms with Gasteiger partial charge in [0.1, 0.15) is 5.82 Å². The summed E-state index contributed by atoms with van der Waals surface area (Å²) >= 11 is 6.18. The summed E-state index contributed by atoms with van der Waals surface area (Å²) < 4.78 is 52.3. The normalized spacial score (nSPS) is 15.7. The molecule has 0 aromatic heterocycles. The van der Waals surface area contributed by atoms with E-state index < -0.39 is 24.3 Å². The van der Waals surface area contributed by atoms with Crippen LogP contribution in [0.4, 0.5) is 28.9 Å². The molecular weight excluding hydrogens is 500 g/mol. The maximum atomic E-state index is 14.8. The Hall–Kier alpha value is -2.40. The SMILES string of the molecule is CC[C@H](CO)NCc1ccc(C(=O)Nc2ccc(Cl)cc2N2CCN(CCC(F)(F)F)CC2)c(F)c1. The lowest BCUT2D eigenvalue weighted by atomic mass is 10.1. The largest absolute Gasteiger partial charge is 0.395 e. The molecule has 1 aliphatic rings. The molecule has 3 N–H and O–H groups in total. The summed E-state index contributed by atoms with van der Waals surface area (Å²) in [6, 6.07) is 9.17. The van der Waals surface area contributed by atoms with Crippen molar-refractivity contribution in [2.24, 2.45) is 0 Å². The third kappa shape index (κ3) is 8.06. The summed E-state index contributed by atoms with van der Waals surface area (Å²) in [7, 11) is 0. The van der Waals surface area contributed by atoms with E-state index in [1.54, 1.807) is 29.2 Å². The van der Waals surface area contributed by atoms with Gasteiger partial charge in [0.25, 0.3) is 5.91 Å². The molecule has 36 heavy (non-hydrogen) atoms. The van der Waals surface area contributed by atoms with Gasteiger partial charge in [-0.05, 0) is 42.3 Å². The Kier molecular flexibility index (Phi) is 9.95. The minimum atomic E-state index is -4.19. The first-order chi connectivity index (χ1) is 17.1. The molecule has 1 atom stereocenters. The number of aliphatic hydroxyl groups is 1. The van der Waals surface area contributed by atoms with Gasteiger partial charge in [-0.2, -0.15) is 13.2 Å². The van der Waals surface area contributed by atoms with Gasteiger partial charge in [0, 0.05) is 50.3 Å². The Labute approximate surface area is 213 Å². The summed E-state index contributed by atoms with van der Waals surface area (Å²) in [5.41, 5.74) is 1.59. The first-order valence-electron chi connectivity index (χ1n) is 11.9. The summed E-state index contributed by atoms with van der Waals surface area (Å²) in [6.07, 6.45) is -4.32. The zero-order valence-electron chi connectivity index (χ0n) is 20.0. The van der Waals surface area contributed by atoms with Gasteiger partial charge >= 0.3 is 6.18 Å². The molecule has 1 fully saturated rings. The van der Waals surface area contributed by atoms with Crippen molar-refractivity contribution in [2.45, 2.75) is 38.5 Å². The van der Waals surface area contributed by atoms with Gasteiger partial charge in [0.05, 0.1) is 30.0 Å². The molecule has 1 aliphatic heterocycles. The molecule has 11 heteroatoms. The highest BCUT2D eigenvalue weighted by molar-refractivity contribution is 6.31. The molecule has 2 aromatic carbocycles. The molecule has 0 radical (unpaired) electrons. The quantitative estimate of drug-likeness (QED) is 0.390. The molecule has 2 aromatic rings. The van der Waals surface area contributed by atoms with E-state index in [1.165, 1.54) is 12.1 Å². The van der Waals surface area contributed by atoms with Gasteiger partial charge in [-0.3, -0.25) is 9.69 Å². The standard InChI is InChI=1S/C25H31ClF4N4O2/c1-2-19(16-35)31-15-17-3-5-20(21(27)13-17)24(36)32-22-6-4-18(26)14-23(22)34-11-9-33(10-12-34)8-7-25(28,29)30/h3-6,13-14,19,31,35H,2,7-12,15-16H2,1H3,(H,32,36)/t19-/m1/s1. The van der Waals surface area contributed by atoms with E-state index in [0.717, 1.165) is 6.42 Å². The number of rotatable bonds is 10. The minimum absolute atomic E-state index is 0.0223. The van der Waals surface area contributed by atoms with Crippen LogP contribution in [0, 0.1) is 5.82 Å². The van der Waals surface area contributed by atoms with Crippen LogP contribution in [-0.4, -0.2) is 67.5 Å². The number of halogens is 5. The highest BCUT2D eigenvalue weighted by Crippen LogP contribution is 2.31. The molecule has 0 bridgehead atoms. The lowest BCUT2D eigenvalue weighted by Gasteiger charge is -2.37. The van der Waals surface area contributed by atoms with E-state index >= 15 is 0 Å². The second-order valence-corrected chi connectivity index (χ2v) is 9.23. The summed E-state index contributed by atoms with van der Waals surface area (Å²) in [6.45, 7) is 4.01.